The van der Waals surface area contributed by atoms with E-state index in [1.807, 2.05) is 24.3 Å². The molecule has 1 heterocycles. The third kappa shape index (κ3) is 3.42. The Bertz CT molecular complexity index is 544. The summed E-state index contributed by atoms with van der Waals surface area (Å²) >= 11 is 0. The van der Waals surface area contributed by atoms with Crippen molar-refractivity contribution in [1.29, 1.82) is 0 Å². The van der Waals surface area contributed by atoms with Gasteiger partial charge in [0.25, 0.3) is 0 Å². The van der Waals surface area contributed by atoms with E-state index in [4.69, 9.17) is 5.73 Å². The largest absolute Gasteiger partial charge is 0.481 e. The summed E-state index contributed by atoms with van der Waals surface area (Å²) in [6, 6.07) is 7.61. The van der Waals surface area contributed by atoms with E-state index in [0.29, 0.717) is 19.5 Å². The van der Waals surface area contributed by atoms with Gasteiger partial charge in [0.2, 0.25) is 5.91 Å². The average Bonchev–Trinajstić information content (AvgIpc) is 2.47. The number of piperidine rings is 1. The van der Waals surface area contributed by atoms with Crippen molar-refractivity contribution in [1.82, 2.24) is 4.90 Å². The van der Waals surface area contributed by atoms with Gasteiger partial charge in [0, 0.05) is 19.6 Å². The summed E-state index contributed by atoms with van der Waals surface area (Å²) in [5.74, 6) is -0.856. The van der Waals surface area contributed by atoms with Crippen LogP contribution < -0.4 is 5.73 Å². The zero-order valence-electron chi connectivity index (χ0n) is 12.3. The van der Waals surface area contributed by atoms with Gasteiger partial charge in [-0.15, -0.1) is 0 Å². The summed E-state index contributed by atoms with van der Waals surface area (Å²) in [6.07, 6.45) is 1.63. The summed E-state index contributed by atoms with van der Waals surface area (Å²) in [4.78, 5) is 25.5. The van der Waals surface area contributed by atoms with Crippen LogP contribution in [0.15, 0.2) is 24.3 Å². The van der Waals surface area contributed by atoms with Crippen LogP contribution >= 0.6 is 0 Å². The van der Waals surface area contributed by atoms with Gasteiger partial charge in [-0.25, -0.2) is 0 Å². The number of nitrogens with zero attached hydrogens (tertiary/aromatic N) is 1. The Labute approximate surface area is 124 Å². The molecule has 1 amide bonds. The van der Waals surface area contributed by atoms with Crippen molar-refractivity contribution in [3.63, 3.8) is 0 Å². The monoisotopic (exact) mass is 290 g/mol. The van der Waals surface area contributed by atoms with Crippen molar-refractivity contribution in [3.8, 4) is 0 Å². The second-order valence-corrected chi connectivity index (χ2v) is 5.93. The van der Waals surface area contributed by atoms with Gasteiger partial charge in [0.15, 0.2) is 0 Å². The number of rotatable bonds is 4. The number of nitrogens with two attached hydrogens (primary N) is 1. The first-order valence-corrected chi connectivity index (χ1v) is 7.24. The van der Waals surface area contributed by atoms with Gasteiger partial charge in [0.1, 0.15) is 0 Å². The lowest BCUT2D eigenvalue weighted by Gasteiger charge is -2.37. The van der Waals surface area contributed by atoms with Crippen molar-refractivity contribution in [2.45, 2.75) is 32.7 Å². The van der Waals surface area contributed by atoms with E-state index < -0.39 is 11.4 Å². The van der Waals surface area contributed by atoms with Gasteiger partial charge in [-0.05, 0) is 30.9 Å². The number of likely N-dealkylation sites (tertiary alicyclic amines) is 1. The molecule has 21 heavy (non-hydrogen) atoms. The minimum absolute atomic E-state index is 0.0249. The lowest BCUT2D eigenvalue weighted by atomic mass is 9.82. The fourth-order valence-corrected chi connectivity index (χ4v) is 2.83. The molecule has 0 aromatic heterocycles. The van der Waals surface area contributed by atoms with Gasteiger partial charge in [0.05, 0.1) is 11.8 Å². The fourth-order valence-electron chi connectivity index (χ4n) is 2.83. The molecule has 1 saturated heterocycles. The van der Waals surface area contributed by atoms with E-state index in [9.17, 15) is 14.7 Å². The molecule has 1 aromatic carbocycles. The van der Waals surface area contributed by atoms with Crippen LogP contribution in [0.5, 0.6) is 0 Å². The van der Waals surface area contributed by atoms with E-state index in [1.54, 1.807) is 11.8 Å². The summed E-state index contributed by atoms with van der Waals surface area (Å²) in [5, 5.41) is 9.31. The van der Waals surface area contributed by atoms with Crippen LogP contribution in [0, 0.1) is 5.41 Å². The fraction of sp³-hybridized carbons (Fsp3) is 0.500. The second kappa shape index (κ2) is 6.26. The van der Waals surface area contributed by atoms with Crippen LogP contribution in [-0.2, 0) is 22.6 Å². The van der Waals surface area contributed by atoms with Gasteiger partial charge in [-0.2, -0.15) is 0 Å². The number of aliphatic carboxylic acids is 1. The van der Waals surface area contributed by atoms with Crippen LogP contribution in [0.1, 0.15) is 30.9 Å². The number of hydrogen-bond donors (Lipinski definition) is 2. The molecule has 5 heteroatoms. The lowest BCUT2D eigenvalue weighted by molar-refractivity contribution is -0.153. The van der Waals surface area contributed by atoms with E-state index in [2.05, 4.69) is 0 Å². The maximum atomic E-state index is 12.4. The molecule has 0 radical (unpaired) electrons. The normalized spacial score (nSPS) is 22.1. The molecule has 1 aliphatic heterocycles. The molecule has 1 aliphatic rings. The minimum Gasteiger partial charge on any atom is -0.481 e. The van der Waals surface area contributed by atoms with E-state index in [-0.39, 0.29) is 18.9 Å². The molecule has 1 fully saturated rings. The summed E-state index contributed by atoms with van der Waals surface area (Å²) in [7, 11) is 0. The van der Waals surface area contributed by atoms with Crippen molar-refractivity contribution in [3.05, 3.63) is 35.4 Å². The average molecular weight is 290 g/mol. The Morgan fingerprint density at radius 3 is 2.62 bits per heavy atom. The first-order chi connectivity index (χ1) is 9.96. The third-order valence-electron chi connectivity index (χ3n) is 4.25. The van der Waals surface area contributed by atoms with Crippen molar-refractivity contribution >= 4 is 11.9 Å². The Hall–Kier alpha value is -1.88. The predicted molar refractivity (Wildman–Crippen MR) is 79.6 cm³/mol. The van der Waals surface area contributed by atoms with E-state index in [0.717, 1.165) is 17.5 Å². The zero-order valence-corrected chi connectivity index (χ0v) is 12.3. The third-order valence-corrected chi connectivity index (χ3v) is 4.25. The molecule has 1 atom stereocenters. The van der Waals surface area contributed by atoms with Gasteiger partial charge in [-0.3, -0.25) is 9.59 Å². The lowest BCUT2D eigenvalue weighted by Crippen LogP contribution is -2.48. The highest BCUT2D eigenvalue weighted by atomic mass is 16.4. The predicted octanol–water partition coefficient (Wildman–Crippen LogP) is 1.40. The van der Waals surface area contributed by atoms with Crippen molar-refractivity contribution in [2.75, 3.05) is 13.1 Å². The highest BCUT2D eigenvalue weighted by Crippen LogP contribution is 2.30. The van der Waals surface area contributed by atoms with Crippen LogP contribution in [0.2, 0.25) is 0 Å². The summed E-state index contributed by atoms with van der Waals surface area (Å²) < 4.78 is 0. The molecule has 2 rings (SSSR count). The first kappa shape index (κ1) is 15.5. The van der Waals surface area contributed by atoms with E-state index >= 15 is 0 Å². The van der Waals surface area contributed by atoms with Crippen LogP contribution in [0.25, 0.3) is 0 Å². The summed E-state index contributed by atoms with van der Waals surface area (Å²) in [5.41, 5.74) is 6.74. The molecule has 0 spiro atoms. The molecule has 1 unspecified atom stereocenters. The molecular formula is C16H22N2O3. The van der Waals surface area contributed by atoms with Gasteiger partial charge >= 0.3 is 5.97 Å². The minimum atomic E-state index is -0.832. The number of carbonyl (C=O) groups excluding carboxylic acids is 1. The Balaban J connectivity index is 2.08. The van der Waals surface area contributed by atoms with Crippen molar-refractivity contribution < 1.29 is 14.7 Å². The number of carboxylic acids is 1. The molecule has 114 valence electrons. The number of benzene rings is 1. The highest BCUT2D eigenvalue weighted by Gasteiger charge is 2.39. The second-order valence-electron chi connectivity index (χ2n) is 5.93. The number of carbonyl (C=O) groups is 2. The maximum absolute atomic E-state index is 12.4. The number of hydrogen-bond acceptors (Lipinski definition) is 3. The smallest absolute Gasteiger partial charge is 0.311 e. The Morgan fingerprint density at radius 2 is 2.00 bits per heavy atom. The van der Waals surface area contributed by atoms with Crippen molar-refractivity contribution in [2.24, 2.45) is 11.1 Å². The first-order valence-electron chi connectivity index (χ1n) is 7.24. The SMILES string of the molecule is CC1(C(=O)O)CCCN(C(=O)Cc2ccccc2CN)C1. The topological polar surface area (TPSA) is 83.6 Å². The molecule has 0 saturated carbocycles. The molecular weight excluding hydrogens is 268 g/mol. The maximum Gasteiger partial charge on any atom is 0.311 e. The van der Waals surface area contributed by atoms with Gasteiger partial charge < -0.3 is 15.7 Å². The Morgan fingerprint density at radius 1 is 1.33 bits per heavy atom. The molecule has 0 bridgehead atoms. The standard InChI is InChI=1S/C16H22N2O3/c1-16(15(20)21)7-4-8-18(11-16)14(19)9-12-5-2-3-6-13(12)10-17/h2-3,5-6H,4,7-11,17H2,1H3,(H,20,21). The molecule has 0 aliphatic carbocycles. The zero-order chi connectivity index (χ0) is 15.5. The number of amides is 1. The highest BCUT2D eigenvalue weighted by molar-refractivity contribution is 5.81. The quantitative estimate of drug-likeness (QED) is 0.878. The van der Waals surface area contributed by atoms with Crippen LogP contribution in [0.4, 0.5) is 0 Å². The molecule has 1 aromatic rings. The molecule has 3 N–H and O–H groups in total. The van der Waals surface area contributed by atoms with Crippen LogP contribution in [-0.4, -0.2) is 35.0 Å². The van der Waals surface area contributed by atoms with Crippen LogP contribution in [0.3, 0.4) is 0 Å². The summed E-state index contributed by atoms with van der Waals surface area (Å²) in [6.45, 7) is 3.03. The van der Waals surface area contributed by atoms with E-state index in [1.165, 1.54) is 0 Å². The van der Waals surface area contributed by atoms with Gasteiger partial charge in [-0.1, -0.05) is 24.3 Å². The number of carboxylic acid groups (broad SMARTS) is 1. The Kier molecular flexibility index (Phi) is 4.63. The molecule has 5 nitrogen and oxygen atoms in total.